The fourth-order valence-corrected chi connectivity index (χ4v) is 2.69. The van der Waals surface area contributed by atoms with E-state index in [2.05, 4.69) is 4.98 Å². The highest BCUT2D eigenvalue weighted by molar-refractivity contribution is 6.02. The highest BCUT2D eigenvalue weighted by Crippen LogP contribution is 2.26. The number of ether oxygens (including phenoxy) is 1. The molecule has 0 spiro atoms. The molecule has 0 bridgehead atoms. The Morgan fingerprint density at radius 1 is 1.27 bits per heavy atom. The zero-order valence-electron chi connectivity index (χ0n) is 14.4. The molecular weight excluding hydrogens is 353 g/mol. The van der Waals surface area contributed by atoms with Crippen LogP contribution in [0.5, 0.6) is 0 Å². The molecule has 26 heavy (non-hydrogen) atoms. The Balaban J connectivity index is 2.38. The molecule has 2 aromatic rings. The summed E-state index contributed by atoms with van der Waals surface area (Å²) < 4.78 is 44.1. The summed E-state index contributed by atoms with van der Waals surface area (Å²) in [7, 11) is 0. The molecule has 0 amide bonds. The summed E-state index contributed by atoms with van der Waals surface area (Å²) in [4.78, 5) is 39.1. The topological polar surface area (TPSA) is 81.2 Å². The summed E-state index contributed by atoms with van der Waals surface area (Å²) in [6.07, 6.45) is -3.70. The van der Waals surface area contributed by atoms with Crippen molar-refractivity contribution in [3.8, 4) is 0 Å². The van der Waals surface area contributed by atoms with Gasteiger partial charge in [-0.2, -0.15) is 13.2 Å². The van der Waals surface area contributed by atoms with Crippen LogP contribution in [0.3, 0.4) is 0 Å². The first-order valence-corrected chi connectivity index (χ1v) is 7.74. The van der Waals surface area contributed by atoms with Gasteiger partial charge < -0.3 is 14.3 Å². The number of hydrogen-bond donors (Lipinski definition) is 1. The number of rotatable bonds is 5. The molecule has 2 heterocycles. The Kier molecular flexibility index (Phi) is 5.38. The van der Waals surface area contributed by atoms with Gasteiger partial charge in [-0.05, 0) is 38.5 Å². The first kappa shape index (κ1) is 19.5. The number of nitrogens with one attached hydrogen (secondary N) is 1. The Labute approximate surface area is 146 Å². The van der Waals surface area contributed by atoms with Crippen molar-refractivity contribution in [2.75, 3.05) is 6.61 Å². The van der Waals surface area contributed by atoms with E-state index >= 15 is 0 Å². The molecule has 0 aliphatic heterocycles. The number of alkyl halides is 3. The molecule has 6 nitrogen and oxygen atoms in total. The first-order valence-electron chi connectivity index (χ1n) is 7.74. The number of ketones is 1. The number of hydrogen-bond acceptors (Lipinski definition) is 4. The van der Waals surface area contributed by atoms with E-state index in [4.69, 9.17) is 4.74 Å². The number of aromatic amines is 1. The second-order valence-electron chi connectivity index (χ2n) is 5.62. The minimum absolute atomic E-state index is 0.101. The fourth-order valence-electron chi connectivity index (χ4n) is 2.69. The average Bonchev–Trinajstić information content (AvgIpc) is 2.83. The van der Waals surface area contributed by atoms with Gasteiger partial charge in [0.15, 0.2) is 5.78 Å². The lowest BCUT2D eigenvalue weighted by molar-refractivity contribution is -0.139. The number of halogens is 3. The van der Waals surface area contributed by atoms with Crippen LogP contribution in [0.4, 0.5) is 13.2 Å². The lowest BCUT2D eigenvalue weighted by atomic mass is 10.1. The van der Waals surface area contributed by atoms with Gasteiger partial charge in [-0.3, -0.25) is 9.59 Å². The average molecular weight is 370 g/mol. The van der Waals surface area contributed by atoms with Gasteiger partial charge in [0, 0.05) is 17.5 Å². The number of esters is 1. The highest BCUT2D eigenvalue weighted by atomic mass is 19.4. The van der Waals surface area contributed by atoms with Crippen molar-refractivity contribution in [1.29, 1.82) is 0 Å². The fraction of sp³-hybridized carbons (Fsp3) is 0.353. The summed E-state index contributed by atoms with van der Waals surface area (Å²) in [5.41, 5.74) is -1.70. The van der Waals surface area contributed by atoms with Crippen LogP contribution < -0.4 is 5.56 Å². The van der Waals surface area contributed by atoms with Crippen molar-refractivity contribution >= 4 is 11.8 Å². The predicted molar refractivity (Wildman–Crippen MR) is 86.3 cm³/mol. The lowest BCUT2D eigenvalue weighted by Crippen LogP contribution is -2.30. The SMILES string of the molecule is CCOC(=O)c1[nH]c(C)c(C(=O)Cn2cccc(C(F)(F)F)c2=O)c1C. The van der Waals surface area contributed by atoms with Crippen molar-refractivity contribution < 1.29 is 27.5 Å². The van der Waals surface area contributed by atoms with Crippen molar-refractivity contribution in [2.45, 2.75) is 33.5 Å². The molecule has 2 aromatic heterocycles. The smallest absolute Gasteiger partial charge is 0.421 e. The van der Waals surface area contributed by atoms with Gasteiger partial charge in [-0.1, -0.05) is 0 Å². The lowest BCUT2D eigenvalue weighted by Gasteiger charge is -2.10. The number of aryl methyl sites for hydroxylation is 1. The third-order valence-corrected chi connectivity index (χ3v) is 3.84. The molecule has 0 saturated heterocycles. The van der Waals surface area contributed by atoms with Crippen LogP contribution >= 0.6 is 0 Å². The van der Waals surface area contributed by atoms with Crippen molar-refractivity contribution in [3.63, 3.8) is 0 Å². The molecule has 0 aromatic carbocycles. The van der Waals surface area contributed by atoms with E-state index in [0.29, 0.717) is 21.9 Å². The Bertz CT molecular complexity index is 910. The van der Waals surface area contributed by atoms with Gasteiger partial charge in [0.25, 0.3) is 5.56 Å². The van der Waals surface area contributed by atoms with E-state index in [9.17, 15) is 27.6 Å². The number of carbonyl (C=O) groups is 2. The van der Waals surface area contributed by atoms with Gasteiger partial charge >= 0.3 is 12.1 Å². The van der Waals surface area contributed by atoms with Crippen LogP contribution in [-0.2, 0) is 17.5 Å². The summed E-state index contributed by atoms with van der Waals surface area (Å²) >= 11 is 0. The maximum atomic E-state index is 12.8. The monoisotopic (exact) mass is 370 g/mol. The number of pyridine rings is 1. The zero-order valence-corrected chi connectivity index (χ0v) is 14.4. The van der Waals surface area contributed by atoms with Gasteiger partial charge in [-0.15, -0.1) is 0 Å². The molecule has 0 unspecified atom stereocenters. The second-order valence-corrected chi connectivity index (χ2v) is 5.62. The number of H-pyrrole nitrogens is 1. The molecule has 0 aliphatic rings. The highest BCUT2D eigenvalue weighted by Gasteiger charge is 2.34. The van der Waals surface area contributed by atoms with Gasteiger partial charge in [0.2, 0.25) is 0 Å². The number of nitrogens with zero attached hydrogens (tertiary/aromatic N) is 1. The second kappa shape index (κ2) is 7.19. The molecule has 2 rings (SSSR count). The molecule has 0 radical (unpaired) electrons. The summed E-state index contributed by atoms with van der Waals surface area (Å²) in [5.74, 6) is -1.23. The van der Waals surface area contributed by atoms with Gasteiger partial charge in [0.1, 0.15) is 11.3 Å². The third kappa shape index (κ3) is 3.71. The zero-order chi connectivity index (χ0) is 19.6. The minimum atomic E-state index is -4.81. The quantitative estimate of drug-likeness (QED) is 0.648. The molecule has 1 N–H and O–H groups in total. The predicted octanol–water partition coefficient (Wildman–Crippen LogP) is 2.87. The van der Waals surface area contributed by atoms with Crippen LogP contribution in [0, 0.1) is 13.8 Å². The molecular formula is C17H17F3N2O4. The molecule has 0 aliphatic carbocycles. The standard InChI is InChI=1S/C17H17F3N2O4/c1-4-26-16(25)14-9(2)13(10(3)21-14)12(23)8-22-7-5-6-11(15(22)24)17(18,19)20/h5-7,21H,4,8H2,1-3H3. The minimum Gasteiger partial charge on any atom is -0.461 e. The first-order chi connectivity index (χ1) is 12.1. The summed E-state index contributed by atoms with van der Waals surface area (Å²) in [5, 5.41) is 0. The van der Waals surface area contributed by atoms with Gasteiger partial charge in [-0.25, -0.2) is 4.79 Å². The third-order valence-electron chi connectivity index (χ3n) is 3.84. The Hall–Kier alpha value is -2.84. The molecule has 0 atom stereocenters. The van der Waals surface area contributed by atoms with Crippen molar-refractivity contribution in [1.82, 2.24) is 9.55 Å². The van der Waals surface area contributed by atoms with E-state index in [1.807, 2.05) is 0 Å². The maximum absolute atomic E-state index is 12.8. The van der Waals surface area contributed by atoms with E-state index in [0.717, 1.165) is 12.3 Å². The molecule has 0 fully saturated rings. The van der Waals surface area contributed by atoms with Crippen LogP contribution in [0.2, 0.25) is 0 Å². The van der Waals surface area contributed by atoms with Crippen LogP contribution in [0.15, 0.2) is 23.1 Å². The Morgan fingerprint density at radius 2 is 1.92 bits per heavy atom. The van der Waals surface area contributed by atoms with Crippen LogP contribution in [0.25, 0.3) is 0 Å². The van der Waals surface area contributed by atoms with Crippen LogP contribution in [-0.4, -0.2) is 27.9 Å². The molecule has 0 saturated carbocycles. The normalized spacial score (nSPS) is 11.5. The van der Waals surface area contributed by atoms with Gasteiger partial charge in [0.05, 0.1) is 13.2 Å². The number of carbonyl (C=O) groups excluding carboxylic acids is 2. The summed E-state index contributed by atoms with van der Waals surface area (Å²) in [6.45, 7) is 4.29. The Morgan fingerprint density at radius 3 is 2.50 bits per heavy atom. The number of aromatic nitrogens is 2. The van der Waals surface area contributed by atoms with E-state index in [1.165, 1.54) is 6.92 Å². The van der Waals surface area contributed by atoms with Crippen molar-refractivity contribution in [3.05, 3.63) is 56.8 Å². The summed E-state index contributed by atoms with van der Waals surface area (Å²) in [6, 6.07) is 1.72. The molecule has 140 valence electrons. The van der Waals surface area contributed by atoms with Crippen LogP contribution in [0.1, 0.15) is 44.6 Å². The van der Waals surface area contributed by atoms with E-state index in [-0.39, 0.29) is 17.9 Å². The largest absolute Gasteiger partial charge is 0.461 e. The maximum Gasteiger partial charge on any atom is 0.421 e. The molecule has 9 heteroatoms. The van der Waals surface area contributed by atoms with E-state index < -0.39 is 35.6 Å². The van der Waals surface area contributed by atoms with E-state index in [1.54, 1.807) is 13.8 Å². The number of Topliss-reactive ketones (excluding diaryl/α,β-unsaturated/α-hetero) is 1. The van der Waals surface area contributed by atoms with Crippen molar-refractivity contribution in [2.24, 2.45) is 0 Å².